The smallest absolute Gasteiger partial charge is 0.146 e. The largest absolute Gasteiger partial charge is 0.373 e. The van der Waals surface area contributed by atoms with Gasteiger partial charge in [0.05, 0.1) is 30.5 Å². The topological polar surface area (TPSA) is 43.4 Å². The molecular weight excluding hydrogens is 156 g/mol. The number of ether oxygens (including phenoxy) is 1. The Hall–Kier alpha value is -0.700. The first-order chi connectivity index (χ1) is 5.77. The summed E-state index contributed by atoms with van der Waals surface area (Å²) in [4.78, 5) is 22.7. The Kier molecular flexibility index (Phi) is 1.11. The quantitative estimate of drug-likeness (QED) is 0.487. The number of ketones is 2. The summed E-state index contributed by atoms with van der Waals surface area (Å²) in [6.07, 6.45) is 2.29. The summed E-state index contributed by atoms with van der Waals surface area (Å²) in [5.41, 5.74) is 0. The highest BCUT2D eigenvalue weighted by molar-refractivity contribution is 6.09. The Morgan fingerprint density at radius 3 is 2.00 bits per heavy atom. The third kappa shape index (κ3) is 0.614. The van der Waals surface area contributed by atoms with Crippen molar-refractivity contribution in [2.24, 2.45) is 11.8 Å². The monoisotopic (exact) mass is 166 g/mol. The Bertz CT molecular complexity index is 245. The van der Waals surface area contributed by atoms with Crippen LogP contribution < -0.4 is 0 Å². The first kappa shape index (κ1) is 6.78. The molecule has 3 aliphatic rings. The molecule has 0 aromatic heterocycles. The van der Waals surface area contributed by atoms with Gasteiger partial charge in [-0.2, -0.15) is 0 Å². The number of hydrogen-bond acceptors (Lipinski definition) is 3. The second kappa shape index (κ2) is 1.96. The molecular formula is C9H10O3. The highest BCUT2D eigenvalue weighted by Gasteiger charge is 2.58. The van der Waals surface area contributed by atoms with Crippen molar-refractivity contribution in [2.45, 2.75) is 31.5 Å². The van der Waals surface area contributed by atoms with Crippen molar-refractivity contribution in [2.75, 3.05) is 0 Å². The predicted octanol–water partition coefficient (Wildman–Crippen LogP) is 0.322. The highest BCUT2D eigenvalue weighted by atomic mass is 16.5. The zero-order valence-electron chi connectivity index (χ0n) is 6.66. The second-order valence-corrected chi connectivity index (χ2v) is 3.95. The molecule has 0 aromatic carbocycles. The molecule has 3 rings (SSSR count). The van der Waals surface area contributed by atoms with Gasteiger partial charge in [-0.15, -0.1) is 0 Å². The van der Waals surface area contributed by atoms with Crippen LogP contribution in [0.3, 0.4) is 0 Å². The predicted molar refractivity (Wildman–Crippen MR) is 39.5 cm³/mol. The average molecular weight is 166 g/mol. The molecule has 2 unspecified atom stereocenters. The van der Waals surface area contributed by atoms with Crippen molar-refractivity contribution in [1.29, 1.82) is 0 Å². The standard InChI is InChI=1S/C9H10O3/c10-4-3-5(11)9-7-2-1-6(12-7)8(4)9/h6-9H,1-3H2/t6-,7+,8?,9?. The molecule has 4 atom stereocenters. The van der Waals surface area contributed by atoms with E-state index in [1.54, 1.807) is 0 Å². The van der Waals surface area contributed by atoms with Gasteiger partial charge in [0, 0.05) is 0 Å². The molecule has 2 bridgehead atoms. The molecule has 12 heavy (non-hydrogen) atoms. The molecule has 0 amide bonds. The minimum absolute atomic E-state index is 0.0590. The van der Waals surface area contributed by atoms with Gasteiger partial charge in [-0.3, -0.25) is 9.59 Å². The fourth-order valence-corrected chi connectivity index (χ4v) is 2.90. The maximum Gasteiger partial charge on any atom is 0.146 e. The number of Topliss-reactive ketones (excluding diaryl/α,β-unsaturated/α-hetero) is 2. The van der Waals surface area contributed by atoms with Gasteiger partial charge >= 0.3 is 0 Å². The van der Waals surface area contributed by atoms with Crippen LogP contribution in [0.15, 0.2) is 0 Å². The van der Waals surface area contributed by atoms with Crippen LogP contribution in [0.5, 0.6) is 0 Å². The Labute approximate surface area is 70.1 Å². The van der Waals surface area contributed by atoms with Gasteiger partial charge in [-0.1, -0.05) is 0 Å². The summed E-state index contributed by atoms with van der Waals surface area (Å²) >= 11 is 0. The fraction of sp³-hybridized carbons (Fsp3) is 0.778. The van der Waals surface area contributed by atoms with Crippen LogP contribution in [0, 0.1) is 11.8 Å². The van der Waals surface area contributed by atoms with E-state index in [2.05, 4.69) is 0 Å². The number of carbonyl (C=O) groups is 2. The van der Waals surface area contributed by atoms with Crippen molar-refractivity contribution in [3.05, 3.63) is 0 Å². The van der Waals surface area contributed by atoms with Crippen LogP contribution in [0.1, 0.15) is 19.3 Å². The summed E-state index contributed by atoms with van der Waals surface area (Å²) < 4.78 is 5.54. The van der Waals surface area contributed by atoms with Gasteiger partial charge in [0.2, 0.25) is 0 Å². The summed E-state index contributed by atoms with van der Waals surface area (Å²) in [6.45, 7) is 0. The molecule has 0 aromatic rings. The lowest BCUT2D eigenvalue weighted by Gasteiger charge is -2.17. The minimum Gasteiger partial charge on any atom is -0.373 e. The van der Waals surface area contributed by atoms with E-state index in [9.17, 15) is 9.59 Å². The molecule has 0 spiro atoms. The Morgan fingerprint density at radius 1 is 1.00 bits per heavy atom. The van der Waals surface area contributed by atoms with Crippen molar-refractivity contribution >= 4 is 11.6 Å². The third-order valence-corrected chi connectivity index (χ3v) is 3.37. The molecule has 1 saturated carbocycles. The van der Waals surface area contributed by atoms with Crippen LogP contribution in [0.2, 0.25) is 0 Å². The highest BCUT2D eigenvalue weighted by Crippen LogP contribution is 2.48. The van der Waals surface area contributed by atoms with E-state index in [-0.39, 0.29) is 42.0 Å². The van der Waals surface area contributed by atoms with Crippen molar-refractivity contribution < 1.29 is 14.3 Å². The zero-order chi connectivity index (χ0) is 8.29. The van der Waals surface area contributed by atoms with Gasteiger partial charge in [0.15, 0.2) is 0 Å². The van der Waals surface area contributed by atoms with E-state index in [1.807, 2.05) is 0 Å². The molecule has 3 heteroatoms. The summed E-state index contributed by atoms with van der Waals surface area (Å²) in [5.74, 6) is 0.127. The van der Waals surface area contributed by atoms with E-state index in [0.29, 0.717) is 0 Å². The SMILES string of the molecule is O=C1CC(=O)C2C1[C@@H]1CC[C@H]2O1. The Morgan fingerprint density at radius 2 is 1.50 bits per heavy atom. The van der Waals surface area contributed by atoms with E-state index in [4.69, 9.17) is 4.74 Å². The molecule has 0 radical (unpaired) electrons. The van der Waals surface area contributed by atoms with Crippen molar-refractivity contribution in [1.82, 2.24) is 0 Å². The molecule has 2 heterocycles. The third-order valence-electron chi connectivity index (χ3n) is 3.37. The Balaban J connectivity index is 2.03. The lowest BCUT2D eigenvalue weighted by Crippen LogP contribution is -2.29. The lowest BCUT2D eigenvalue weighted by atomic mass is 9.81. The van der Waals surface area contributed by atoms with E-state index in [1.165, 1.54) is 0 Å². The minimum atomic E-state index is -0.0590. The summed E-state index contributed by atoms with van der Waals surface area (Å²) in [7, 11) is 0. The van der Waals surface area contributed by atoms with Crippen molar-refractivity contribution in [3.8, 4) is 0 Å². The van der Waals surface area contributed by atoms with Gasteiger partial charge in [0.25, 0.3) is 0 Å². The maximum atomic E-state index is 11.4. The van der Waals surface area contributed by atoms with Crippen LogP contribution in [0.4, 0.5) is 0 Å². The van der Waals surface area contributed by atoms with Gasteiger partial charge in [-0.05, 0) is 12.8 Å². The van der Waals surface area contributed by atoms with E-state index < -0.39 is 0 Å². The molecule has 2 saturated heterocycles. The number of hydrogen-bond donors (Lipinski definition) is 0. The molecule has 2 aliphatic heterocycles. The van der Waals surface area contributed by atoms with Crippen LogP contribution in [0.25, 0.3) is 0 Å². The van der Waals surface area contributed by atoms with Gasteiger partial charge in [-0.25, -0.2) is 0 Å². The van der Waals surface area contributed by atoms with Crippen LogP contribution in [-0.2, 0) is 14.3 Å². The van der Waals surface area contributed by atoms with Gasteiger partial charge < -0.3 is 4.74 Å². The average Bonchev–Trinajstić information content (AvgIpc) is 2.64. The molecule has 3 fully saturated rings. The van der Waals surface area contributed by atoms with Crippen LogP contribution >= 0.6 is 0 Å². The molecule has 3 nitrogen and oxygen atoms in total. The molecule has 0 N–H and O–H groups in total. The first-order valence-corrected chi connectivity index (χ1v) is 4.48. The van der Waals surface area contributed by atoms with Crippen LogP contribution in [-0.4, -0.2) is 23.8 Å². The van der Waals surface area contributed by atoms with E-state index in [0.717, 1.165) is 12.8 Å². The summed E-state index contributed by atoms with van der Waals surface area (Å²) in [6, 6.07) is 0. The number of fused-ring (bicyclic) bond motifs is 5. The van der Waals surface area contributed by atoms with E-state index >= 15 is 0 Å². The molecule has 1 aliphatic carbocycles. The molecule has 64 valence electrons. The first-order valence-electron chi connectivity index (χ1n) is 4.48. The lowest BCUT2D eigenvalue weighted by molar-refractivity contribution is -0.125. The maximum absolute atomic E-state index is 11.4. The van der Waals surface area contributed by atoms with Gasteiger partial charge in [0.1, 0.15) is 11.6 Å². The van der Waals surface area contributed by atoms with Crippen molar-refractivity contribution in [3.63, 3.8) is 0 Å². The fourth-order valence-electron chi connectivity index (χ4n) is 2.90. The summed E-state index contributed by atoms with van der Waals surface area (Å²) in [5, 5.41) is 0. The normalized spacial score (nSPS) is 50.3. The number of rotatable bonds is 0. The second-order valence-electron chi connectivity index (χ2n) is 3.95. The zero-order valence-corrected chi connectivity index (χ0v) is 6.66. The number of carbonyl (C=O) groups excluding carboxylic acids is 2.